The van der Waals surface area contributed by atoms with E-state index in [0.717, 1.165) is 5.56 Å². The molecule has 0 radical (unpaired) electrons. The molecule has 1 heterocycles. The maximum atomic E-state index is 13.1. The van der Waals surface area contributed by atoms with E-state index in [1.807, 2.05) is 0 Å². The van der Waals surface area contributed by atoms with E-state index in [9.17, 15) is 19.1 Å². The van der Waals surface area contributed by atoms with Crippen molar-refractivity contribution in [1.29, 1.82) is 0 Å². The van der Waals surface area contributed by atoms with Gasteiger partial charge in [-0.05, 0) is 24.1 Å². The predicted molar refractivity (Wildman–Crippen MR) is 74.0 cm³/mol. The molecule has 2 atom stereocenters. The summed E-state index contributed by atoms with van der Waals surface area (Å²) in [7, 11) is 0. The van der Waals surface area contributed by atoms with Crippen LogP contribution in [0.25, 0.3) is 0 Å². The number of hydrogen-bond donors (Lipinski definition) is 1. The second kappa shape index (κ2) is 7.87. The van der Waals surface area contributed by atoms with Crippen molar-refractivity contribution in [2.45, 2.75) is 19.5 Å². The van der Waals surface area contributed by atoms with Crippen molar-refractivity contribution in [3.8, 4) is 0 Å². The standard InChI is InChI=1S/C15H15FN4O3.Na/c16-10-3-1-2-9(4-10)7-20-8-18-13(19-20)6-17-14(21)11-5-12(11)15(22)23;/h1-4,8,11-12H,5-7H2,(H,17,21)(H,22,23);/q;+1/p-1/t11-,12+;/m0./s1. The quantitative estimate of drug-likeness (QED) is 0.550. The molecule has 0 aliphatic heterocycles. The molecule has 7 nitrogen and oxygen atoms in total. The average Bonchev–Trinajstić information content (AvgIpc) is 3.20. The molecule has 1 aromatic heterocycles. The Balaban J connectivity index is 0.00000208. The first-order valence-corrected chi connectivity index (χ1v) is 7.14. The van der Waals surface area contributed by atoms with Gasteiger partial charge in [0.1, 0.15) is 12.1 Å². The van der Waals surface area contributed by atoms with Crippen LogP contribution in [0.1, 0.15) is 17.8 Å². The van der Waals surface area contributed by atoms with Crippen molar-refractivity contribution >= 4 is 11.9 Å². The van der Waals surface area contributed by atoms with Gasteiger partial charge in [0.25, 0.3) is 0 Å². The summed E-state index contributed by atoms with van der Waals surface area (Å²) >= 11 is 0. The predicted octanol–water partition coefficient (Wildman–Crippen LogP) is -3.53. The topological polar surface area (TPSA) is 99.9 Å². The van der Waals surface area contributed by atoms with Crippen LogP contribution in [-0.4, -0.2) is 26.6 Å². The Morgan fingerprint density at radius 1 is 1.38 bits per heavy atom. The van der Waals surface area contributed by atoms with Crippen molar-refractivity contribution in [3.05, 3.63) is 47.8 Å². The molecule has 1 saturated carbocycles. The van der Waals surface area contributed by atoms with Gasteiger partial charge < -0.3 is 15.2 Å². The number of nitrogens with one attached hydrogen (secondary N) is 1. The molecule has 0 bridgehead atoms. The van der Waals surface area contributed by atoms with Crippen molar-refractivity contribution < 1.29 is 48.6 Å². The largest absolute Gasteiger partial charge is 1.00 e. The minimum atomic E-state index is -1.19. The summed E-state index contributed by atoms with van der Waals surface area (Å²) < 4.78 is 14.7. The van der Waals surface area contributed by atoms with Gasteiger partial charge in [-0.1, -0.05) is 12.1 Å². The SMILES string of the molecule is O=C(NCc1ncn(Cc2cccc(F)c2)n1)[C@H]1C[C@H]1C(=O)[O-].[Na+]. The third-order valence-electron chi connectivity index (χ3n) is 3.67. The van der Waals surface area contributed by atoms with Crippen LogP contribution >= 0.6 is 0 Å². The van der Waals surface area contributed by atoms with Gasteiger partial charge >= 0.3 is 29.6 Å². The van der Waals surface area contributed by atoms with E-state index < -0.39 is 17.8 Å². The van der Waals surface area contributed by atoms with E-state index in [-0.39, 0.29) is 47.8 Å². The van der Waals surface area contributed by atoms with Crippen LogP contribution in [-0.2, 0) is 22.7 Å². The maximum Gasteiger partial charge on any atom is 1.00 e. The second-order valence-corrected chi connectivity index (χ2v) is 5.47. The molecule has 120 valence electrons. The molecule has 1 aromatic carbocycles. The van der Waals surface area contributed by atoms with Gasteiger partial charge in [0, 0.05) is 17.8 Å². The molecular weight excluding hydrogens is 326 g/mol. The average molecular weight is 340 g/mol. The summed E-state index contributed by atoms with van der Waals surface area (Å²) in [4.78, 5) is 26.4. The first-order chi connectivity index (χ1) is 11.0. The van der Waals surface area contributed by atoms with Gasteiger partial charge in [0.05, 0.1) is 13.1 Å². The number of benzene rings is 1. The van der Waals surface area contributed by atoms with Crippen LogP contribution in [0.15, 0.2) is 30.6 Å². The van der Waals surface area contributed by atoms with Crippen molar-refractivity contribution in [3.63, 3.8) is 0 Å². The minimum absolute atomic E-state index is 0. The number of hydrogen-bond acceptors (Lipinski definition) is 5. The van der Waals surface area contributed by atoms with E-state index in [1.54, 1.807) is 12.1 Å². The molecule has 0 unspecified atom stereocenters. The number of carboxylic acid groups (broad SMARTS) is 1. The third-order valence-corrected chi connectivity index (χ3v) is 3.67. The van der Waals surface area contributed by atoms with Crippen LogP contribution in [0.5, 0.6) is 0 Å². The molecule has 2 aromatic rings. The number of carbonyl (C=O) groups excluding carboxylic acids is 2. The maximum absolute atomic E-state index is 13.1. The minimum Gasteiger partial charge on any atom is -0.550 e. The molecule has 1 N–H and O–H groups in total. The first-order valence-electron chi connectivity index (χ1n) is 7.14. The molecule has 1 aliphatic carbocycles. The number of nitrogens with zero attached hydrogens (tertiary/aromatic N) is 3. The fraction of sp³-hybridized carbons (Fsp3) is 0.333. The van der Waals surface area contributed by atoms with Crippen LogP contribution in [0.3, 0.4) is 0 Å². The molecule has 24 heavy (non-hydrogen) atoms. The van der Waals surface area contributed by atoms with Gasteiger partial charge in [-0.25, -0.2) is 14.1 Å². The molecule has 1 amide bonds. The number of amides is 1. The molecule has 3 rings (SSSR count). The van der Waals surface area contributed by atoms with E-state index in [4.69, 9.17) is 0 Å². The smallest absolute Gasteiger partial charge is 0.550 e. The third kappa shape index (κ3) is 4.62. The molecular formula is C15H14FN4NaO3. The number of carbonyl (C=O) groups is 2. The van der Waals surface area contributed by atoms with Crippen molar-refractivity contribution in [2.75, 3.05) is 0 Å². The van der Waals surface area contributed by atoms with Gasteiger partial charge in [-0.2, -0.15) is 5.10 Å². The fourth-order valence-electron chi connectivity index (χ4n) is 2.36. The van der Waals surface area contributed by atoms with Crippen LogP contribution in [0, 0.1) is 17.7 Å². The molecule has 9 heteroatoms. The molecule has 1 fully saturated rings. The summed E-state index contributed by atoms with van der Waals surface area (Å²) in [5.74, 6) is -2.64. The zero-order valence-electron chi connectivity index (χ0n) is 13.1. The Morgan fingerprint density at radius 3 is 2.83 bits per heavy atom. The Bertz CT molecular complexity index is 752. The number of aromatic nitrogens is 3. The summed E-state index contributed by atoms with van der Waals surface area (Å²) in [5.41, 5.74) is 0.750. The Labute approximate surface area is 159 Å². The van der Waals surface area contributed by atoms with Crippen LogP contribution < -0.4 is 40.0 Å². The number of rotatable bonds is 6. The zero-order chi connectivity index (χ0) is 16.4. The van der Waals surface area contributed by atoms with E-state index >= 15 is 0 Å². The number of carboxylic acids is 1. The number of aliphatic carboxylic acids is 1. The van der Waals surface area contributed by atoms with E-state index in [1.165, 1.54) is 23.1 Å². The van der Waals surface area contributed by atoms with Crippen molar-refractivity contribution in [1.82, 2.24) is 20.1 Å². The van der Waals surface area contributed by atoms with E-state index in [2.05, 4.69) is 15.4 Å². The Hall–Kier alpha value is -1.77. The van der Waals surface area contributed by atoms with Gasteiger partial charge in [-0.15, -0.1) is 0 Å². The summed E-state index contributed by atoms with van der Waals surface area (Å²) in [5, 5.41) is 17.4. The fourth-order valence-corrected chi connectivity index (χ4v) is 2.36. The normalized spacial score (nSPS) is 18.5. The van der Waals surface area contributed by atoms with Crippen LogP contribution in [0.2, 0.25) is 0 Å². The van der Waals surface area contributed by atoms with Gasteiger partial charge in [0.2, 0.25) is 5.91 Å². The zero-order valence-corrected chi connectivity index (χ0v) is 15.1. The Morgan fingerprint density at radius 2 is 2.17 bits per heavy atom. The summed E-state index contributed by atoms with van der Waals surface area (Å²) in [6.45, 7) is 0.485. The monoisotopic (exact) mass is 340 g/mol. The van der Waals surface area contributed by atoms with Gasteiger partial charge in [0.15, 0.2) is 5.82 Å². The Kier molecular flexibility index (Phi) is 6.09. The molecule has 0 saturated heterocycles. The van der Waals surface area contributed by atoms with Gasteiger partial charge in [-0.3, -0.25) is 4.79 Å². The van der Waals surface area contributed by atoms with E-state index in [0.29, 0.717) is 18.8 Å². The molecule has 1 aliphatic rings. The summed E-state index contributed by atoms with van der Waals surface area (Å²) in [6.07, 6.45) is 1.81. The molecule has 0 spiro atoms. The first kappa shape index (κ1) is 18.6. The van der Waals surface area contributed by atoms with Crippen LogP contribution in [0.4, 0.5) is 4.39 Å². The summed E-state index contributed by atoms with van der Waals surface area (Å²) in [6, 6.07) is 6.17. The number of halogens is 1. The van der Waals surface area contributed by atoms with Crippen molar-refractivity contribution in [2.24, 2.45) is 11.8 Å². The second-order valence-electron chi connectivity index (χ2n) is 5.47.